The number of carbonyl (C=O) groups excluding carboxylic acids is 4. The molecule has 4 aromatic carbocycles. The molecule has 0 aliphatic heterocycles. The fraction of sp³-hybridized carbons (Fsp3) is 0.462. The average Bonchev–Trinajstić information content (AvgIpc) is 3.23. The molecule has 0 aromatic heterocycles. The standard InChI is InChI=1S/C25H31F2NO4.C20H24O4.C5H11NO2.C2H6/c1-14-8-10-18(12-20(14)26)22(19-11-9-15(2)21(27)13-19)17(4)31-23(29)16(3)28-24(30)32-25(5,6)7;1-5-19(21)24-14(2)20(15-8-6-10-17(12-15)22-3)16-9-7-11-18(13-16)23-4;1-5(2,3)8-4(6)7;1-2/h8-13,16-17,22H,1-7H3,(H,28,30);6-14,20H,5H2,1-4H3;1-3H3,(H2,6,7);1-2H3/t16-,17?;;;/m0.../s1. The lowest BCUT2D eigenvalue weighted by Crippen LogP contribution is -2.43. The highest BCUT2D eigenvalue weighted by molar-refractivity contribution is 5.81. The third-order valence-electron chi connectivity index (χ3n) is 9.36. The Labute approximate surface area is 390 Å². The van der Waals surface area contributed by atoms with Gasteiger partial charge in [0.1, 0.15) is 52.6 Å². The third-order valence-corrected chi connectivity index (χ3v) is 9.36. The summed E-state index contributed by atoms with van der Waals surface area (Å²) in [5.74, 6) is -0.878. The van der Waals surface area contributed by atoms with Gasteiger partial charge < -0.3 is 39.5 Å². The van der Waals surface area contributed by atoms with Gasteiger partial charge in [-0.2, -0.15) is 0 Å². The van der Waals surface area contributed by atoms with Gasteiger partial charge in [0.2, 0.25) is 0 Å². The lowest BCUT2D eigenvalue weighted by Gasteiger charge is -2.27. The van der Waals surface area contributed by atoms with Gasteiger partial charge in [0.05, 0.1) is 14.2 Å². The normalized spacial score (nSPS) is 12.2. The SMILES string of the molecule is CC.CC(C)(C)OC(N)=O.CCC(=O)OC(C)C(c1cccc(OC)c1)c1cccc(OC)c1.Cc1ccc(C(c2ccc(C)c(F)c2)C(C)OC(=O)[C@H](C)NC(=O)OC(C)(C)C)cc1F. The predicted octanol–water partition coefficient (Wildman–Crippen LogP) is 11.6. The van der Waals surface area contributed by atoms with E-state index in [0.717, 1.165) is 22.6 Å². The van der Waals surface area contributed by atoms with E-state index < -0.39 is 59.1 Å². The van der Waals surface area contributed by atoms with Crippen LogP contribution in [0.1, 0.15) is 135 Å². The fourth-order valence-corrected chi connectivity index (χ4v) is 6.30. The monoisotopic (exact) mass is 923 g/mol. The lowest BCUT2D eigenvalue weighted by molar-refractivity contribution is -0.151. The Kier molecular flexibility index (Phi) is 24.0. The molecule has 2 amide bonds. The molecule has 12 nitrogen and oxygen atoms in total. The average molecular weight is 923 g/mol. The maximum Gasteiger partial charge on any atom is 0.408 e. The molecule has 0 spiro atoms. The molecule has 364 valence electrons. The van der Waals surface area contributed by atoms with E-state index in [-0.39, 0.29) is 18.0 Å². The van der Waals surface area contributed by atoms with Crippen LogP contribution in [-0.2, 0) is 28.5 Å². The Morgan fingerprint density at radius 3 is 1.35 bits per heavy atom. The molecular formula is C52H72F2N2O10. The number of alkyl carbamates (subject to hydrolysis) is 1. The van der Waals surface area contributed by atoms with Gasteiger partial charge in [-0.1, -0.05) is 69.3 Å². The zero-order chi connectivity index (χ0) is 50.5. The van der Waals surface area contributed by atoms with Gasteiger partial charge in [-0.25, -0.2) is 23.2 Å². The predicted molar refractivity (Wildman–Crippen MR) is 254 cm³/mol. The molecule has 14 heteroatoms. The molecule has 0 heterocycles. The minimum atomic E-state index is -0.975. The summed E-state index contributed by atoms with van der Waals surface area (Å²) in [5, 5.41) is 2.44. The Bertz CT molecular complexity index is 2070. The number of carbonyl (C=O) groups is 4. The highest BCUT2D eigenvalue weighted by Gasteiger charge is 2.30. The summed E-state index contributed by atoms with van der Waals surface area (Å²) in [6.45, 7) is 24.5. The summed E-state index contributed by atoms with van der Waals surface area (Å²) in [4.78, 5) is 46.4. The van der Waals surface area contributed by atoms with Crippen molar-refractivity contribution in [3.8, 4) is 11.5 Å². The van der Waals surface area contributed by atoms with Crippen LogP contribution >= 0.6 is 0 Å². The quantitative estimate of drug-likeness (QED) is 0.0975. The molecule has 4 aromatic rings. The second-order valence-electron chi connectivity index (χ2n) is 17.1. The molecule has 0 aliphatic rings. The molecule has 0 bridgehead atoms. The highest BCUT2D eigenvalue weighted by Crippen LogP contribution is 2.34. The Morgan fingerprint density at radius 2 is 1.02 bits per heavy atom. The molecular weight excluding hydrogens is 851 g/mol. The number of ether oxygens (including phenoxy) is 6. The van der Waals surface area contributed by atoms with Gasteiger partial charge in [0.15, 0.2) is 0 Å². The zero-order valence-corrected chi connectivity index (χ0v) is 41.6. The molecule has 0 fully saturated rings. The summed E-state index contributed by atoms with van der Waals surface area (Å²) in [7, 11) is 3.28. The van der Waals surface area contributed by atoms with Crippen molar-refractivity contribution in [1.82, 2.24) is 5.32 Å². The van der Waals surface area contributed by atoms with Crippen molar-refractivity contribution in [2.45, 2.75) is 145 Å². The zero-order valence-electron chi connectivity index (χ0n) is 41.6. The van der Waals surface area contributed by atoms with E-state index in [1.807, 2.05) is 69.3 Å². The van der Waals surface area contributed by atoms with Crippen molar-refractivity contribution < 1.29 is 56.4 Å². The first-order chi connectivity index (χ1) is 30.8. The number of primary amides is 1. The second kappa shape index (κ2) is 27.3. The van der Waals surface area contributed by atoms with Crippen LogP contribution in [0.3, 0.4) is 0 Å². The van der Waals surface area contributed by atoms with Crippen molar-refractivity contribution >= 4 is 24.1 Å². The van der Waals surface area contributed by atoms with E-state index >= 15 is 0 Å². The van der Waals surface area contributed by atoms with Crippen LogP contribution in [0.5, 0.6) is 11.5 Å². The topological polar surface area (TPSA) is 162 Å². The number of hydrogen-bond donors (Lipinski definition) is 2. The molecule has 0 saturated carbocycles. The molecule has 3 N–H and O–H groups in total. The van der Waals surface area contributed by atoms with Crippen molar-refractivity contribution in [2.75, 3.05) is 14.2 Å². The number of methoxy groups -OCH3 is 2. The van der Waals surface area contributed by atoms with Crippen LogP contribution in [0, 0.1) is 25.5 Å². The molecule has 3 atom stereocenters. The van der Waals surface area contributed by atoms with Crippen molar-refractivity contribution in [1.29, 1.82) is 0 Å². The summed E-state index contributed by atoms with van der Waals surface area (Å²) in [6.07, 6.45) is -2.19. The first-order valence-electron chi connectivity index (χ1n) is 22.0. The van der Waals surface area contributed by atoms with E-state index in [0.29, 0.717) is 28.7 Å². The maximum absolute atomic E-state index is 14.3. The van der Waals surface area contributed by atoms with Crippen LogP contribution in [0.4, 0.5) is 18.4 Å². The van der Waals surface area contributed by atoms with Gasteiger partial charge in [0.25, 0.3) is 0 Å². The Hall–Kier alpha value is -6.18. The number of benzene rings is 4. The smallest absolute Gasteiger partial charge is 0.408 e. The van der Waals surface area contributed by atoms with E-state index in [4.69, 9.17) is 29.4 Å². The minimum absolute atomic E-state index is 0.106. The van der Waals surface area contributed by atoms with Crippen LogP contribution in [0.2, 0.25) is 0 Å². The first kappa shape index (κ1) is 57.8. The van der Waals surface area contributed by atoms with Crippen LogP contribution in [-0.4, -0.2) is 67.8 Å². The fourth-order valence-electron chi connectivity index (χ4n) is 6.30. The summed E-state index contributed by atoms with van der Waals surface area (Å²) in [5.41, 5.74) is 7.65. The van der Waals surface area contributed by atoms with Crippen molar-refractivity contribution in [3.05, 3.63) is 130 Å². The Balaban J connectivity index is 0.000000562. The van der Waals surface area contributed by atoms with Crippen LogP contribution in [0.15, 0.2) is 84.9 Å². The number of rotatable bonds is 13. The van der Waals surface area contributed by atoms with Gasteiger partial charge in [-0.05, 0) is 146 Å². The number of nitrogens with two attached hydrogens (primary N) is 1. The molecule has 4 rings (SSSR count). The molecule has 2 unspecified atom stereocenters. The number of amides is 2. The number of nitrogens with one attached hydrogen (secondary N) is 1. The summed E-state index contributed by atoms with van der Waals surface area (Å²) < 4.78 is 60.2. The molecule has 0 aliphatic carbocycles. The maximum atomic E-state index is 14.3. The molecule has 0 radical (unpaired) electrons. The van der Waals surface area contributed by atoms with Gasteiger partial charge in [-0.3, -0.25) is 4.79 Å². The van der Waals surface area contributed by atoms with Crippen LogP contribution < -0.4 is 20.5 Å². The summed E-state index contributed by atoms with van der Waals surface area (Å²) >= 11 is 0. The van der Waals surface area contributed by atoms with Gasteiger partial charge >= 0.3 is 24.1 Å². The second-order valence-corrected chi connectivity index (χ2v) is 17.1. The number of esters is 2. The number of aryl methyl sites for hydroxylation is 2. The van der Waals surface area contributed by atoms with Gasteiger partial charge in [-0.15, -0.1) is 0 Å². The lowest BCUT2D eigenvalue weighted by atomic mass is 9.86. The summed E-state index contributed by atoms with van der Waals surface area (Å²) in [6, 6.07) is 24.1. The minimum Gasteiger partial charge on any atom is -0.497 e. The number of halogens is 2. The van der Waals surface area contributed by atoms with Gasteiger partial charge in [0, 0.05) is 18.3 Å². The first-order valence-corrected chi connectivity index (χ1v) is 22.0. The van der Waals surface area contributed by atoms with E-state index in [2.05, 4.69) is 10.1 Å². The molecule has 0 saturated heterocycles. The largest absolute Gasteiger partial charge is 0.497 e. The van der Waals surface area contributed by atoms with Crippen molar-refractivity contribution in [3.63, 3.8) is 0 Å². The Morgan fingerprint density at radius 1 is 0.621 bits per heavy atom. The third kappa shape index (κ3) is 20.3. The highest BCUT2D eigenvalue weighted by atomic mass is 19.1. The number of hydrogen-bond acceptors (Lipinski definition) is 10. The van der Waals surface area contributed by atoms with Crippen LogP contribution in [0.25, 0.3) is 0 Å². The van der Waals surface area contributed by atoms with E-state index in [9.17, 15) is 28.0 Å². The van der Waals surface area contributed by atoms with E-state index in [1.54, 1.807) is 108 Å². The van der Waals surface area contributed by atoms with Crippen molar-refractivity contribution in [2.24, 2.45) is 5.73 Å². The molecule has 66 heavy (non-hydrogen) atoms. The van der Waals surface area contributed by atoms with E-state index in [1.165, 1.54) is 19.1 Å².